The standard InChI is InChI=1S/C32H48N2O10Si/c1-17(2)8-7-9-18(3)12-14-34-22-11-10-20(33-29(39)27-25(37)24(36)26(38)30(40)43-27)16-21(22)32(31(34)41)19(4)28(45(5,6)42)23(44-32)13-15-35/h8,10-12,16,19,23-28,30,35-38,40,42H,7,9,13-15H2,1-6H3,(H,33,39)/b18-12+/t19-,23+,24+,25+,26-,27+,28-,30-,32+/m1/s1. The lowest BCUT2D eigenvalue weighted by atomic mass is 9.82. The summed E-state index contributed by atoms with van der Waals surface area (Å²) in [5.41, 5.74) is 1.81. The first-order chi connectivity index (χ1) is 21.0. The molecule has 2 fully saturated rings. The number of nitrogens with one attached hydrogen (secondary N) is 1. The third-order valence-corrected chi connectivity index (χ3v) is 11.7. The summed E-state index contributed by atoms with van der Waals surface area (Å²) < 4.78 is 11.7. The Bertz CT molecular complexity index is 1330. The van der Waals surface area contributed by atoms with Crippen molar-refractivity contribution in [2.45, 2.75) is 108 Å². The molecule has 0 unspecified atom stereocenters. The largest absolute Gasteiger partial charge is 0.432 e. The molecule has 3 aliphatic rings. The number of nitrogens with zero attached hydrogens (tertiary/aromatic N) is 1. The van der Waals surface area contributed by atoms with Gasteiger partial charge in [-0.1, -0.05) is 30.2 Å². The molecule has 2 saturated heterocycles. The van der Waals surface area contributed by atoms with Crippen LogP contribution in [0.3, 0.4) is 0 Å². The minimum absolute atomic E-state index is 0.182. The summed E-state index contributed by atoms with van der Waals surface area (Å²) in [6.45, 7) is 11.7. The summed E-state index contributed by atoms with van der Waals surface area (Å²) in [7, 11) is -2.91. The molecule has 0 radical (unpaired) electrons. The molecule has 7 N–H and O–H groups in total. The van der Waals surface area contributed by atoms with Gasteiger partial charge in [0.05, 0.1) is 11.8 Å². The first-order valence-electron chi connectivity index (χ1n) is 15.5. The molecular formula is C32H48N2O10Si. The molecule has 0 bridgehead atoms. The molecule has 4 rings (SSSR count). The minimum Gasteiger partial charge on any atom is -0.432 e. The summed E-state index contributed by atoms with van der Waals surface area (Å²) in [5, 5.41) is 52.6. The SMILES string of the molecule is CC(C)=CCC/C(C)=C/CN1C(=O)[C@@]2(O[C@@H](CCO)[C@H]([Si](C)(C)O)[C@H]2C)c2cc(NC(=O)[C@H]3O[C@@H](O)[C@H](O)[C@@H](O)[C@@H]3O)ccc21. The van der Waals surface area contributed by atoms with Crippen LogP contribution >= 0.6 is 0 Å². The molecule has 0 aliphatic carbocycles. The Morgan fingerprint density at radius 2 is 1.78 bits per heavy atom. The molecule has 12 nitrogen and oxygen atoms in total. The second-order valence-corrected chi connectivity index (χ2v) is 17.3. The van der Waals surface area contributed by atoms with Gasteiger partial charge in [-0.3, -0.25) is 9.59 Å². The van der Waals surface area contributed by atoms with Crippen LogP contribution in [0.2, 0.25) is 18.6 Å². The van der Waals surface area contributed by atoms with Crippen molar-refractivity contribution in [3.05, 3.63) is 47.1 Å². The molecular weight excluding hydrogens is 600 g/mol. The number of aliphatic hydroxyl groups is 5. The molecule has 0 aromatic heterocycles. The van der Waals surface area contributed by atoms with Gasteiger partial charge in [0.1, 0.15) is 18.3 Å². The molecule has 1 spiro atoms. The Balaban J connectivity index is 1.72. The summed E-state index contributed by atoms with van der Waals surface area (Å²) in [4.78, 5) is 40.6. The summed E-state index contributed by atoms with van der Waals surface area (Å²) in [5.74, 6) is -1.64. The van der Waals surface area contributed by atoms with Gasteiger partial charge < -0.3 is 50.0 Å². The number of hydrogen-bond acceptors (Lipinski definition) is 10. The van der Waals surface area contributed by atoms with E-state index in [0.717, 1.165) is 18.4 Å². The second-order valence-electron chi connectivity index (χ2n) is 13.3. The van der Waals surface area contributed by atoms with E-state index in [4.69, 9.17) is 9.47 Å². The van der Waals surface area contributed by atoms with Gasteiger partial charge in [0.2, 0.25) is 0 Å². The third-order valence-electron chi connectivity index (χ3n) is 9.23. The first kappa shape index (κ1) is 35.4. The Morgan fingerprint density at radius 1 is 1.09 bits per heavy atom. The van der Waals surface area contributed by atoms with Crippen LogP contribution in [0.1, 0.15) is 52.5 Å². The minimum atomic E-state index is -2.91. The van der Waals surface area contributed by atoms with Gasteiger partial charge in [0.25, 0.3) is 11.8 Å². The van der Waals surface area contributed by atoms with Crippen LogP contribution in [0.5, 0.6) is 0 Å². The number of anilines is 2. The van der Waals surface area contributed by atoms with Gasteiger partial charge in [-0.05, 0) is 71.3 Å². The van der Waals surface area contributed by atoms with Crippen molar-refractivity contribution < 1.29 is 49.4 Å². The molecule has 1 aromatic carbocycles. The van der Waals surface area contributed by atoms with Crippen molar-refractivity contribution in [3.63, 3.8) is 0 Å². The average molecular weight is 649 g/mol. The molecule has 3 heterocycles. The fourth-order valence-corrected chi connectivity index (χ4v) is 9.57. The lowest BCUT2D eigenvalue weighted by molar-refractivity contribution is -0.274. The number of hydrogen-bond donors (Lipinski definition) is 7. The van der Waals surface area contributed by atoms with Gasteiger partial charge in [0, 0.05) is 35.9 Å². The van der Waals surface area contributed by atoms with Crippen molar-refractivity contribution in [2.75, 3.05) is 23.4 Å². The molecule has 9 atom stereocenters. The average Bonchev–Trinajstić information content (AvgIpc) is 3.38. The predicted molar refractivity (Wildman–Crippen MR) is 170 cm³/mol. The highest BCUT2D eigenvalue weighted by Crippen LogP contribution is 2.59. The van der Waals surface area contributed by atoms with E-state index < -0.39 is 62.6 Å². The van der Waals surface area contributed by atoms with Crippen LogP contribution in [0.4, 0.5) is 11.4 Å². The maximum Gasteiger partial charge on any atom is 0.264 e. The number of amides is 2. The second kappa shape index (κ2) is 13.7. The van der Waals surface area contributed by atoms with Gasteiger partial charge in [-0.15, -0.1) is 0 Å². The number of carbonyl (C=O) groups is 2. The van der Waals surface area contributed by atoms with E-state index in [1.165, 1.54) is 5.57 Å². The maximum atomic E-state index is 14.5. The summed E-state index contributed by atoms with van der Waals surface area (Å²) in [6, 6.07) is 4.90. The Kier molecular flexibility index (Phi) is 10.8. The molecule has 3 aliphatic heterocycles. The molecule has 2 amide bonds. The van der Waals surface area contributed by atoms with E-state index in [9.17, 15) is 39.9 Å². The van der Waals surface area contributed by atoms with Gasteiger partial charge in [-0.25, -0.2) is 0 Å². The van der Waals surface area contributed by atoms with E-state index in [-0.39, 0.29) is 36.7 Å². The number of aliphatic hydroxyl groups excluding tert-OH is 5. The Hall–Kier alpha value is -2.46. The lowest BCUT2D eigenvalue weighted by Crippen LogP contribution is -2.60. The van der Waals surface area contributed by atoms with Crippen molar-refractivity contribution in [1.82, 2.24) is 0 Å². The smallest absolute Gasteiger partial charge is 0.264 e. The van der Waals surface area contributed by atoms with E-state index in [2.05, 4.69) is 11.4 Å². The molecule has 45 heavy (non-hydrogen) atoms. The summed E-state index contributed by atoms with van der Waals surface area (Å²) in [6.07, 6.45) is -3.41. The van der Waals surface area contributed by atoms with Crippen molar-refractivity contribution in [2.24, 2.45) is 5.92 Å². The van der Waals surface area contributed by atoms with E-state index in [1.807, 2.05) is 33.8 Å². The molecule has 1 aromatic rings. The van der Waals surface area contributed by atoms with Gasteiger partial charge in [0.15, 0.2) is 26.3 Å². The van der Waals surface area contributed by atoms with Crippen molar-refractivity contribution in [3.8, 4) is 0 Å². The highest BCUT2D eigenvalue weighted by atomic mass is 28.4. The number of benzene rings is 1. The molecule has 250 valence electrons. The van der Waals surface area contributed by atoms with Crippen LogP contribution in [0.25, 0.3) is 0 Å². The highest BCUT2D eigenvalue weighted by molar-refractivity contribution is 6.71. The van der Waals surface area contributed by atoms with Crippen LogP contribution < -0.4 is 10.2 Å². The van der Waals surface area contributed by atoms with Crippen LogP contribution in [-0.4, -0.2) is 100 Å². The maximum absolute atomic E-state index is 14.5. The zero-order valence-electron chi connectivity index (χ0n) is 26.8. The Morgan fingerprint density at radius 3 is 2.40 bits per heavy atom. The number of fused-ring (bicyclic) bond motifs is 2. The summed E-state index contributed by atoms with van der Waals surface area (Å²) >= 11 is 0. The lowest BCUT2D eigenvalue weighted by Gasteiger charge is -2.37. The van der Waals surface area contributed by atoms with Crippen molar-refractivity contribution in [1.29, 1.82) is 0 Å². The fourth-order valence-electron chi connectivity index (χ4n) is 6.96. The van der Waals surface area contributed by atoms with E-state index in [1.54, 1.807) is 36.2 Å². The predicted octanol–water partition coefficient (Wildman–Crippen LogP) is 1.64. The van der Waals surface area contributed by atoms with Gasteiger partial charge >= 0.3 is 0 Å². The van der Waals surface area contributed by atoms with Crippen LogP contribution in [0, 0.1) is 5.92 Å². The third kappa shape index (κ3) is 6.82. The number of rotatable bonds is 10. The normalized spacial score (nSPS) is 33.5. The monoisotopic (exact) mass is 648 g/mol. The topological polar surface area (TPSA) is 189 Å². The van der Waals surface area contributed by atoms with Crippen LogP contribution in [-0.2, 0) is 24.7 Å². The molecule has 13 heteroatoms. The van der Waals surface area contributed by atoms with Gasteiger partial charge in [-0.2, -0.15) is 0 Å². The van der Waals surface area contributed by atoms with Crippen molar-refractivity contribution >= 4 is 31.5 Å². The number of carbonyl (C=O) groups excluding carboxylic acids is 2. The van der Waals surface area contributed by atoms with E-state index >= 15 is 0 Å². The quantitative estimate of drug-likeness (QED) is 0.145. The number of ether oxygens (including phenoxy) is 2. The first-order valence-corrected chi connectivity index (χ1v) is 18.5. The fraction of sp³-hybridized carbons (Fsp3) is 0.625. The van der Waals surface area contributed by atoms with E-state index in [0.29, 0.717) is 11.3 Å². The highest BCUT2D eigenvalue weighted by Gasteiger charge is 2.66. The molecule has 0 saturated carbocycles. The number of allylic oxidation sites excluding steroid dienone is 3. The van der Waals surface area contributed by atoms with Crippen LogP contribution in [0.15, 0.2) is 41.5 Å². The zero-order chi connectivity index (χ0) is 33.4. The zero-order valence-corrected chi connectivity index (χ0v) is 27.8. The Labute approximate surface area is 265 Å².